The summed E-state index contributed by atoms with van der Waals surface area (Å²) < 4.78 is 0. The van der Waals surface area contributed by atoms with Crippen molar-refractivity contribution in [1.29, 1.82) is 0 Å². The molecular formula is C45H66N4O. The van der Waals surface area contributed by atoms with Gasteiger partial charge in [0.2, 0.25) is 5.91 Å². The lowest BCUT2D eigenvalue weighted by molar-refractivity contribution is -0.117. The Kier molecular flexibility index (Phi) is 15.1. The molecule has 272 valence electrons. The second-order valence-corrected chi connectivity index (χ2v) is 15.5. The molecule has 3 aromatic carbocycles. The Morgan fingerprint density at radius 3 is 1.96 bits per heavy atom. The molecule has 1 amide bonds. The zero-order chi connectivity index (χ0) is 35.0. The molecule has 50 heavy (non-hydrogen) atoms. The van der Waals surface area contributed by atoms with Crippen LogP contribution in [0, 0.1) is 0 Å². The third-order valence-corrected chi connectivity index (χ3v) is 11.5. The number of aliphatic imine (C=N–C) groups is 1. The van der Waals surface area contributed by atoms with Crippen LogP contribution in [0.4, 0.5) is 5.69 Å². The number of benzene rings is 3. The number of hydrogen-bond acceptors (Lipinski definition) is 2. The van der Waals surface area contributed by atoms with Crippen LogP contribution in [0.5, 0.6) is 0 Å². The summed E-state index contributed by atoms with van der Waals surface area (Å²) in [6, 6.07) is 24.2. The van der Waals surface area contributed by atoms with Crippen LogP contribution in [0.3, 0.4) is 0 Å². The van der Waals surface area contributed by atoms with Crippen molar-refractivity contribution >= 4 is 28.3 Å². The molecule has 0 radical (unpaired) electrons. The van der Waals surface area contributed by atoms with Gasteiger partial charge in [0.1, 0.15) is 6.04 Å². The Morgan fingerprint density at radius 1 is 0.740 bits per heavy atom. The number of nitrogens with one attached hydrogen (secondary N) is 3. The molecule has 2 saturated carbocycles. The zero-order valence-corrected chi connectivity index (χ0v) is 31.6. The fourth-order valence-corrected chi connectivity index (χ4v) is 8.41. The van der Waals surface area contributed by atoms with Crippen LogP contribution in [0.1, 0.15) is 154 Å². The van der Waals surface area contributed by atoms with Crippen molar-refractivity contribution in [1.82, 2.24) is 10.6 Å². The van der Waals surface area contributed by atoms with Crippen LogP contribution >= 0.6 is 0 Å². The van der Waals surface area contributed by atoms with Gasteiger partial charge in [-0.15, -0.1) is 0 Å². The van der Waals surface area contributed by atoms with Crippen molar-refractivity contribution in [3.8, 4) is 0 Å². The first-order valence-corrected chi connectivity index (χ1v) is 20.5. The zero-order valence-electron chi connectivity index (χ0n) is 31.6. The van der Waals surface area contributed by atoms with E-state index < -0.39 is 6.04 Å². The molecule has 5 rings (SSSR count). The molecule has 5 heteroatoms. The van der Waals surface area contributed by atoms with Crippen molar-refractivity contribution in [2.45, 2.75) is 173 Å². The van der Waals surface area contributed by atoms with Gasteiger partial charge in [-0.25, -0.2) is 4.99 Å². The normalized spacial score (nSPS) is 17.1. The summed E-state index contributed by atoms with van der Waals surface area (Å²) in [6.45, 7) is 6.92. The number of rotatable bonds is 17. The molecule has 1 atom stereocenters. The van der Waals surface area contributed by atoms with Crippen LogP contribution in [0.25, 0.3) is 10.8 Å². The average Bonchev–Trinajstić information content (AvgIpc) is 3.15. The molecule has 0 aromatic heterocycles. The molecule has 0 heterocycles. The fourth-order valence-electron chi connectivity index (χ4n) is 8.41. The van der Waals surface area contributed by atoms with Gasteiger partial charge >= 0.3 is 0 Å². The number of guanidine groups is 1. The molecule has 3 N–H and O–H groups in total. The SMILES string of the molecule is CCCCC(CCCC)(CCCC)c1ccc(NC(=O)C(Cc2ccc3ccccc3c2)NC(=NC2CCCCC2)NC2CCCCC2)cc1. The highest BCUT2D eigenvalue weighted by molar-refractivity contribution is 5.98. The molecule has 2 aliphatic carbocycles. The number of fused-ring (bicyclic) bond motifs is 1. The molecule has 1 unspecified atom stereocenters. The van der Waals surface area contributed by atoms with Crippen LogP contribution in [-0.4, -0.2) is 30.0 Å². The number of carbonyl (C=O) groups is 1. The van der Waals surface area contributed by atoms with E-state index in [0.717, 1.165) is 42.9 Å². The summed E-state index contributed by atoms with van der Waals surface area (Å²) in [7, 11) is 0. The van der Waals surface area contributed by atoms with Crippen LogP contribution < -0.4 is 16.0 Å². The van der Waals surface area contributed by atoms with Gasteiger partial charge in [0.05, 0.1) is 6.04 Å². The van der Waals surface area contributed by atoms with E-state index in [1.54, 1.807) is 0 Å². The Hall–Kier alpha value is -3.34. The maximum absolute atomic E-state index is 14.3. The Morgan fingerprint density at radius 2 is 1.34 bits per heavy atom. The summed E-state index contributed by atoms with van der Waals surface area (Å²) in [5.41, 5.74) is 3.68. The highest BCUT2D eigenvalue weighted by atomic mass is 16.2. The Balaban J connectivity index is 1.40. The first-order valence-electron chi connectivity index (χ1n) is 20.5. The third-order valence-electron chi connectivity index (χ3n) is 11.5. The molecule has 0 bridgehead atoms. The number of carbonyl (C=O) groups excluding carboxylic acids is 1. The Labute approximate surface area is 303 Å². The van der Waals surface area contributed by atoms with Crippen LogP contribution in [-0.2, 0) is 16.6 Å². The minimum absolute atomic E-state index is 0.0121. The van der Waals surface area contributed by atoms with Crippen molar-refractivity contribution in [3.63, 3.8) is 0 Å². The standard InChI is InChI=1S/C45H66N4O/c1-4-7-30-45(31-8-5-2,32-9-6-3)38-26-28-41(29-27-38)46-43(50)42(34-35-24-25-36-18-16-17-19-37(36)33-35)49-44(47-39-20-12-10-13-21-39)48-40-22-14-11-15-23-40/h16-19,24-29,33,39-40,42H,4-15,20-23,30-32,34H2,1-3H3,(H,46,50)(H2,47,48,49). The largest absolute Gasteiger partial charge is 0.354 e. The maximum Gasteiger partial charge on any atom is 0.247 e. The molecular weight excluding hydrogens is 613 g/mol. The van der Waals surface area contributed by atoms with Gasteiger partial charge in [0.25, 0.3) is 0 Å². The second kappa shape index (κ2) is 19.9. The van der Waals surface area contributed by atoms with Gasteiger partial charge in [-0.2, -0.15) is 0 Å². The predicted molar refractivity (Wildman–Crippen MR) is 214 cm³/mol. The average molecular weight is 679 g/mol. The third kappa shape index (κ3) is 11.1. The van der Waals surface area contributed by atoms with E-state index in [-0.39, 0.29) is 11.3 Å². The number of hydrogen-bond donors (Lipinski definition) is 3. The second-order valence-electron chi connectivity index (χ2n) is 15.5. The van der Waals surface area contributed by atoms with Crippen molar-refractivity contribution in [3.05, 3.63) is 77.9 Å². The van der Waals surface area contributed by atoms with Crippen molar-refractivity contribution < 1.29 is 4.79 Å². The lowest BCUT2D eigenvalue weighted by Gasteiger charge is -2.35. The lowest BCUT2D eigenvalue weighted by Crippen LogP contribution is -2.53. The first-order chi connectivity index (χ1) is 24.5. The van der Waals surface area contributed by atoms with E-state index >= 15 is 0 Å². The van der Waals surface area contributed by atoms with E-state index in [4.69, 9.17) is 4.99 Å². The Bertz CT molecular complexity index is 1450. The van der Waals surface area contributed by atoms with Gasteiger partial charge in [-0.1, -0.05) is 152 Å². The first kappa shape index (κ1) is 37.9. The molecule has 0 saturated heterocycles. The van der Waals surface area contributed by atoms with Gasteiger partial charge in [0.15, 0.2) is 5.96 Å². The summed E-state index contributed by atoms with van der Waals surface area (Å²) >= 11 is 0. The van der Waals surface area contributed by atoms with Crippen LogP contribution in [0.2, 0.25) is 0 Å². The van der Waals surface area contributed by atoms with Crippen molar-refractivity contribution in [2.24, 2.45) is 4.99 Å². The number of anilines is 1. The fraction of sp³-hybridized carbons (Fsp3) is 0.600. The van der Waals surface area contributed by atoms with Crippen LogP contribution in [0.15, 0.2) is 71.7 Å². The molecule has 5 nitrogen and oxygen atoms in total. The monoisotopic (exact) mass is 679 g/mol. The summed E-state index contributed by atoms with van der Waals surface area (Å²) in [5, 5.41) is 13.3. The number of amides is 1. The van der Waals surface area contributed by atoms with Gasteiger partial charge in [-0.3, -0.25) is 4.79 Å². The van der Waals surface area contributed by atoms with E-state index in [0.29, 0.717) is 18.5 Å². The van der Waals surface area contributed by atoms with Gasteiger partial charge in [-0.05, 0) is 84.4 Å². The van der Waals surface area contributed by atoms with Crippen molar-refractivity contribution in [2.75, 3.05) is 5.32 Å². The quantitative estimate of drug-likeness (QED) is 0.0983. The molecule has 0 spiro atoms. The minimum atomic E-state index is -0.466. The maximum atomic E-state index is 14.3. The topological polar surface area (TPSA) is 65.5 Å². The van der Waals surface area contributed by atoms with E-state index in [2.05, 4.69) is 103 Å². The van der Waals surface area contributed by atoms with E-state index in [9.17, 15) is 4.79 Å². The smallest absolute Gasteiger partial charge is 0.247 e. The molecule has 2 fully saturated rings. The minimum Gasteiger partial charge on any atom is -0.354 e. The summed E-state index contributed by atoms with van der Waals surface area (Å²) in [5.74, 6) is 0.801. The number of nitrogens with zero attached hydrogens (tertiary/aromatic N) is 1. The summed E-state index contributed by atoms with van der Waals surface area (Å²) in [4.78, 5) is 19.6. The molecule has 3 aromatic rings. The van der Waals surface area contributed by atoms with Gasteiger partial charge < -0.3 is 16.0 Å². The summed E-state index contributed by atoms with van der Waals surface area (Å²) in [6.07, 6.45) is 23.9. The predicted octanol–water partition coefficient (Wildman–Crippen LogP) is 11.4. The van der Waals surface area contributed by atoms with E-state index in [1.165, 1.54) is 113 Å². The highest BCUT2D eigenvalue weighted by Crippen LogP contribution is 2.40. The van der Waals surface area contributed by atoms with Gasteiger partial charge in [0, 0.05) is 18.2 Å². The number of unbranched alkanes of at least 4 members (excludes halogenated alkanes) is 3. The molecule has 2 aliphatic rings. The molecule has 0 aliphatic heterocycles. The van der Waals surface area contributed by atoms with E-state index in [1.807, 2.05) is 0 Å². The highest BCUT2D eigenvalue weighted by Gasteiger charge is 2.31. The lowest BCUT2D eigenvalue weighted by atomic mass is 9.69.